The van der Waals surface area contributed by atoms with Crippen LogP contribution in [0.15, 0.2) is 78.9 Å². The molecule has 8 nitrogen and oxygen atoms in total. The highest BCUT2D eigenvalue weighted by Gasteiger charge is 2.44. The van der Waals surface area contributed by atoms with Gasteiger partial charge >= 0.3 is 0 Å². The molecule has 0 spiro atoms. The Morgan fingerprint density at radius 3 is 2.29 bits per heavy atom. The lowest BCUT2D eigenvalue weighted by molar-refractivity contribution is -0.124. The van der Waals surface area contributed by atoms with Crippen molar-refractivity contribution in [3.63, 3.8) is 0 Å². The molecule has 2 aliphatic heterocycles. The number of ether oxygens (including phenoxy) is 1. The average Bonchev–Trinajstić information content (AvgIpc) is 3.22. The van der Waals surface area contributed by atoms with Gasteiger partial charge in [-0.15, -0.1) is 0 Å². The molecule has 0 radical (unpaired) electrons. The Labute approximate surface area is 251 Å². The maximum absolute atomic E-state index is 13.7. The highest BCUT2D eigenvalue weighted by molar-refractivity contribution is 7.80. The number of piperazine rings is 1. The van der Waals surface area contributed by atoms with E-state index >= 15 is 0 Å². The molecule has 2 heterocycles. The zero-order valence-electron chi connectivity index (χ0n) is 23.0. The third kappa shape index (κ3) is 6.81. The number of nitrogens with one attached hydrogen (secondary N) is 1. The van der Waals surface area contributed by atoms with Crippen LogP contribution in [0.25, 0.3) is 0 Å². The van der Waals surface area contributed by atoms with Gasteiger partial charge in [-0.25, -0.2) is 0 Å². The smallest absolute Gasteiger partial charge is 0.256 e. The Bertz CT molecular complexity index is 1370. The molecule has 2 fully saturated rings. The molecule has 3 aromatic carbocycles. The van der Waals surface area contributed by atoms with Crippen LogP contribution in [0.3, 0.4) is 0 Å². The lowest BCUT2D eigenvalue weighted by Crippen LogP contribution is -2.47. The summed E-state index contributed by atoms with van der Waals surface area (Å²) in [6, 6.07) is 24.1. The van der Waals surface area contributed by atoms with E-state index in [1.54, 1.807) is 18.2 Å². The van der Waals surface area contributed by atoms with Crippen molar-refractivity contribution in [1.29, 1.82) is 0 Å². The van der Waals surface area contributed by atoms with E-state index < -0.39 is 6.04 Å². The number of anilines is 3. The number of carbonyl (C=O) groups excluding carboxylic acids is 2. The second-order valence-electron chi connectivity index (χ2n) is 10.1. The van der Waals surface area contributed by atoms with E-state index in [9.17, 15) is 9.59 Å². The zero-order valence-corrected chi connectivity index (χ0v) is 24.6. The summed E-state index contributed by atoms with van der Waals surface area (Å²) < 4.78 is 5.27. The van der Waals surface area contributed by atoms with Gasteiger partial charge in [0, 0.05) is 44.1 Å². The first kappa shape index (κ1) is 28.9. The summed E-state index contributed by atoms with van der Waals surface area (Å²) in [7, 11) is 1.54. The SMILES string of the molecule is COc1ccc(N2C(=O)[C@@H](CC(=O)Nc3ccccc3)N(CCCN3CCN(c4ccccc4)CC3)C2=S)cc1Cl. The van der Waals surface area contributed by atoms with Crippen LogP contribution in [-0.4, -0.2) is 79.1 Å². The van der Waals surface area contributed by atoms with E-state index in [2.05, 4.69) is 39.4 Å². The quantitative estimate of drug-likeness (QED) is 0.337. The van der Waals surface area contributed by atoms with E-state index in [4.69, 9.17) is 28.6 Å². The first-order valence-electron chi connectivity index (χ1n) is 13.8. The molecule has 0 aromatic heterocycles. The number of hydrogen-bond acceptors (Lipinski definition) is 6. The number of carbonyl (C=O) groups is 2. The van der Waals surface area contributed by atoms with Crippen molar-refractivity contribution >= 4 is 57.8 Å². The van der Waals surface area contributed by atoms with Crippen molar-refractivity contribution in [2.45, 2.75) is 18.9 Å². The minimum atomic E-state index is -0.706. The topological polar surface area (TPSA) is 68.4 Å². The van der Waals surface area contributed by atoms with E-state index in [0.717, 1.165) is 39.1 Å². The largest absolute Gasteiger partial charge is 0.495 e. The van der Waals surface area contributed by atoms with E-state index in [1.807, 2.05) is 41.3 Å². The number of rotatable bonds is 10. The molecule has 2 aliphatic rings. The minimum Gasteiger partial charge on any atom is -0.495 e. The summed E-state index contributed by atoms with van der Waals surface area (Å²) in [5, 5.41) is 3.66. The van der Waals surface area contributed by atoms with Crippen LogP contribution in [0.2, 0.25) is 5.02 Å². The molecule has 1 N–H and O–H groups in total. The standard InChI is InChI=1S/C31H34ClN5O3S/c1-40-28-14-13-25(21-26(28)32)37-30(39)27(22-29(38)33-23-9-4-2-5-10-23)36(31(37)41)16-8-15-34-17-19-35(20-18-34)24-11-6-3-7-12-24/h2-7,9-14,21,27H,8,15-20,22H2,1H3,(H,33,38)/t27-/m1/s1. The van der Waals surface area contributed by atoms with Crippen LogP contribution in [0, 0.1) is 0 Å². The average molecular weight is 592 g/mol. The van der Waals surface area contributed by atoms with E-state index in [-0.39, 0.29) is 18.2 Å². The number of methoxy groups -OCH3 is 1. The molecule has 0 unspecified atom stereocenters. The molecular weight excluding hydrogens is 558 g/mol. The van der Waals surface area contributed by atoms with E-state index in [1.165, 1.54) is 17.7 Å². The fraction of sp³-hybridized carbons (Fsp3) is 0.323. The lowest BCUT2D eigenvalue weighted by atomic mass is 10.1. The van der Waals surface area contributed by atoms with Gasteiger partial charge in [0.15, 0.2) is 5.11 Å². The Morgan fingerprint density at radius 1 is 0.951 bits per heavy atom. The van der Waals surface area contributed by atoms with Crippen LogP contribution in [-0.2, 0) is 9.59 Å². The number of hydrogen-bond donors (Lipinski definition) is 1. The predicted molar refractivity (Wildman–Crippen MR) is 168 cm³/mol. The van der Waals surface area contributed by atoms with Crippen LogP contribution in [0.1, 0.15) is 12.8 Å². The van der Waals surface area contributed by atoms with E-state index in [0.29, 0.717) is 33.8 Å². The maximum Gasteiger partial charge on any atom is 0.256 e. The summed E-state index contributed by atoms with van der Waals surface area (Å²) in [6.07, 6.45) is 0.802. The molecule has 2 amide bonds. The normalized spacial score (nSPS) is 17.7. The van der Waals surface area contributed by atoms with Crippen molar-refractivity contribution in [2.75, 3.05) is 61.5 Å². The molecule has 5 rings (SSSR count). The minimum absolute atomic E-state index is 0.00992. The summed E-state index contributed by atoms with van der Waals surface area (Å²) in [5.74, 6) is 0.0286. The van der Waals surface area contributed by atoms with Crippen LogP contribution in [0.5, 0.6) is 5.75 Å². The van der Waals surface area contributed by atoms with Gasteiger partial charge < -0.3 is 19.9 Å². The molecule has 0 saturated carbocycles. The van der Waals surface area contributed by atoms with Crippen molar-refractivity contribution in [2.24, 2.45) is 0 Å². The number of nitrogens with zero attached hydrogens (tertiary/aromatic N) is 4. The van der Waals surface area contributed by atoms with Gasteiger partial charge in [-0.05, 0) is 67.6 Å². The molecule has 41 heavy (non-hydrogen) atoms. The van der Waals surface area contributed by atoms with Crippen LogP contribution in [0.4, 0.5) is 17.1 Å². The van der Waals surface area contributed by atoms with Gasteiger partial charge in [0.05, 0.1) is 24.2 Å². The van der Waals surface area contributed by atoms with Crippen molar-refractivity contribution in [3.05, 3.63) is 83.9 Å². The highest BCUT2D eigenvalue weighted by Crippen LogP contribution is 2.33. The van der Waals surface area contributed by atoms with Crippen molar-refractivity contribution < 1.29 is 14.3 Å². The van der Waals surface area contributed by atoms with Gasteiger partial charge in [-0.1, -0.05) is 48.0 Å². The summed E-state index contributed by atoms with van der Waals surface area (Å²) in [4.78, 5) is 35.0. The number of amides is 2. The molecule has 10 heteroatoms. The van der Waals surface area contributed by atoms with Gasteiger partial charge in [0.1, 0.15) is 11.8 Å². The second kappa shape index (κ2) is 13.3. The maximum atomic E-state index is 13.7. The number of benzene rings is 3. The molecule has 2 saturated heterocycles. The third-order valence-corrected chi connectivity index (χ3v) is 8.23. The monoisotopic (exact) mass is 591 g/mol. The number of para-hydroxylation sites is 2. The van der Waals surface area contributed by atoms with Crippen LogP contribution < -0.4 is 19.9 Å². The molecule has 0 aliphatic carbocycles. The highest BCUT2D eigenvalue weighted by atomic mass is 35.5. The Hall–Kier alpha value is -3.66. The summed E-state index contributed by atoms with van der Waals surface area (Å²) >= 11 is 12.2. The Balaban J connectivity index is 1.25. The van der Waals surface area contributed by atoms with Crippen molar-refractivity contribution in [3.8, 4) is 5.75 Å². The first-order chi connectivity index (χ1) is 19.9. The molecule has 0 bridgehead atoms. The predicted octanol–water partition coefficient (Wildman–Crippen LogP) is 4.89. The molecular formula is C31H34ClN5O3S. The lowest BCUT2D eigenvalue weighted by Gasteiger charge is -2.36. The van der Waals surface area contributed by atoms with Gasteiger partial charge in [0.2, 0.25) is 5.91 Å². The fourth-order valence-electron chi connectivity index (χ4n) is 5.36. The summed E-state index contributed by atoms with van der Waals surface area (Å²) in [5.41, 5.74) is 2.49. The molecule has 3 aromatic rings. The number of thiocarbonyl (C=S) groups is 1. The van der Waals surface area contributed by atoms with Gasteiger partial charge in [-0.3, -0.25) is 19.4 Å². The summed E-state index contributed by atoms with van der Waals surface area (Å²) in [6.45, 7) is 5.33. The van der Waals surface area contributed by atoms with Gasteiger partial charge in [-0.2, -0.15) is 0 Å². The third-order valence-electron chi connectivity index (χ3n) is 7.52. The zero-order chi connectivity index (χ0) is 28.8. The fourth-order valence-corrected chi connectivity index (χ4v) is 6.03. The number of halogens is 1. The Morgan fingerprint density at radius 2 is 1.63 bits per heavy atom. The molecule has 214 valence electrons. The first-order valence-corrected chi connectivity index (χ1v) is 14.6. The second-order valence-corrected chi connectivity index (χ2v) is 10.9. The van der Waals surface area contributed by atoms with Gasteiger partial charge in [0.25, 0.3) is 5.91 Å². The Kier molecular flexibility index (Phi) is 9.38. The van der Waals surface area contributed by atoms with Crippen LogP contribution >= 0.6 is 23.8 Å². The molecule has 1 atom stereocenters. The van der Waals surface area contributed by atoms with Crippen molar-refractivity contribution in [1.82, 2.24) is 9.80 Å².